The maximum Gasteiger partial charge on any atom is 0.338 e. The Balaban J connectivity index is 2.32. The van der Waals surface area contributed by atoms with Crippen molar-refractivity contribution in [2.24, 2.45) is 0 Å². The van der Waals surface area contributed by atoms with Crippen molar-refractivity contribution in [1.82, 2.24) is 0 Å². The molecule has 0 amide bonds. The monoisotopic (exact) mass is 299 g/mol. The first-order valence-electron chi connectivity index (χ1n) is 6.71. The van der Waals surface area contributed by atoms with Gasteiger partial charge in [-0.1, -0.05) is 0 Å². The molecule has 0 aromatic heterocycles. The second kappa shape index (κ2) is 4.94. The van der Waals surface area contributed by atoms with Gasteiger partial charge in [-0.3, -0.25) is 0 Å². The van der Waals surface area contributed by atoms with Gasteiger partial charge in [0.2, 0.25) is 0 Å². The van der Waals surface area contributed by atoms with E-state index in [2.05, 4.69) is 5.32 Å². The minimum Gasteiger partial charge on any atom is -0.478 e. The van der Waals surface area contributed by atoms with Gasteiger partial charge >= 0.3 is 5.97 Å². The Bertz CT molecular complexity index is 585. The molecule has 4 nitrogen and oxygen atoms in total. The summed E-state index contributed by atoms with van der Waals surface area (Å²) in [5.41, 5.74) is -1.51. The molecule has 2 N–H and O–H groups in total. The lowest BCUT2D eigenvalue weighted by atomic mass is 9.94. The molecule has 1 aromatic carbocycles. The number of ether oxygens (including phenoxy) is 1. The average Bonchev–Trinajstić information content (AvgIpc) is 2.49. The van der Waals surface area contributed by atoms with Crippen molar-refractivity contribution in [2.45, 2.75) is 51.4 Å². The summed E-state index contributed by atoms with van der Waals surface area (Å²) in [6.45, 7) is 7.61. The first-order chi connectivity index (χ1) is 9.52. The highest BCUT2D eigenvalue weighted by Crippen LogP contribution is 2.39. The Morgan fingerprint density at radius 1 is 1.29 bits per heavy atom. The summed E-state index contributed by atoms with van der Waals surface area (Å²) in [5, 5.41) is 11.9. The Hall–Kier alpha value is -1.69. The first kappa shape index (κ1) is 15.7. The lowest BCUT2D eigenvalue weighted by Gasteiger charge is -2.28. The van der Waals surface area contributed by atoms with E-state index in [0.717, 1.165) is 6.07 Å². The highest BCUT2D eigenvalue weighted by molar-refractivity contribution is 5.89. The van der Waals surface area contributed by atoms with Gasteiger partial charge < -0.3 is 15.2 Å². The second-order valence-electron chi connectivity index (χ2n) is 6.48. The number of rotatable bonds is 3. The number of anilines is 1. The van der Waals surface area contributed by atoms with Gasteiger partial charge in [0.25, 0.3) is 0 Å². The van der Waals surface area contributed by atoms with E-state index in [1.54, 1.807) is 0 Å². The van der Waals surface area contributed by atoms with Gasteiger partial charge in [-0.25, -0.2) is 13.6 Å². The van der Waals surface area contributed by atoms with Gasteiger partial charge in [0.05, 0.1) is 28.5 Å². The van der Waals surface area contributed by atoms with Gasteiger partial charge in [0, 0.05) is 6.07 Å². The van der Waals surface area contributed by atoms with E-state index < -0.39 is 28.8 Å². The quantitative estimate of drug-likeness (QED) is 0.898. The lowest BCUT2D eigenvalue weighted by Crippen LogP contribution is -2.38. The highest BCUT2D eigenvalue weighted by atomic mass is 19.1. The molecule has 1 fully saturated rings. The topological polar surface area (TPSA) is 58.6 Å². The van der Waals surface area contributed by atoms with Crippen LogP contribution < -0.4 is 5.32 Å². The molecule has 0 saturated carbocycles. The van der Waals surface area contributed by atoms with Crippen LogP contribution in [0.4, 0.5) is 14.5 Å². The summed E-state index contributed by atoms with van der Waals surface area (Å²) in [7, 11) is 0. The molecule has 1 unspecified atom stereocenters. The Morgan fingerprint density at radius 2 is 1.90 bits per heavy atom. The van der Waals surface area contributed by atoms with Gasteiger partial charge in [0.15, 0.2) is 0 Å². The van der Waals surface area contributed by atoms with Crippen LogP contribution in [0.1, 0.15) is 44.5 Å². The fourth-order valence-corrected chi connectivity index (χ4v) is 2.80. The molecule has 0 spiro atoms. The summed E-state index contributed by atoms with van der Waals surface area (Å²) < 4.78 is 33.1. The molecule has 21 heavy (non-hydrogen) atoms. The molecule has 2 rings (SSSR count). The molecule has 6 heteroatoms. The molecule has 0 bridgehead atoms. The second-order valence-corrected chi connectivity index (χ2v) is 6.48. The first-order valence-corrected chi connectivity index (χ1v) is 6.71. The predicted octanol–water partition coefficient (Wildman–Crippen LogP) is 3.42. The van der Waals surface area contributed by atoms with Crippen molar-refractivity contribution >= 4 is 11.7 Å². The number of carboxylic acids is 1. The largest absolute Gasteiger partial charge is 0.478 e. The van der Waals surface area contributed by atoms with E-state index in [0.29, 0.717) is 12.5 Å². The summed E-state index contributed by atoms with van der Waals surface area (Å²) in [6.07, 6.45) is 0.624. The Morgan fingerprint density at radius 3 is 2.38 bits per heavy atom. The molecular formula is C15H19F2NO3. The van der Waals surface area contributed by atoms with Crippen LogP contribution in [0.15, 0.2) is 12.1 Å². The predicted molar refractivity (Wildman–Crippen MR) is 74.6 cm³/mol. The van der Waals surface area contributed by atoms with Crippen LogP contribution in [0.3, 0.4) is 0 Å². The van der Waals surface area contributed by atoms with Gasteiger partial charge in [-0.15, -0.1) is 0 Å². The molecule has 1 atom stereocenters. The summed E-state index contributed by atoms with van der Waals surface area (Å²) in [5.74, 6) is -3.34. The van der Waals surface area contributed by atoms with Crippen molar-refractivity contribution < 1.29 is 23.4 Å². The maximum absolute atomic E-state index is 13.9. The zero-order valence-electron chi connectivity index (χ0n) is 12.5. The minimum atomic E-state index is -1.43. The van der Waals surface area contributed by atoms with E-state index >= 15 is 0 Å². The van der Waals surface area contributed by atoms with E-state index in [1.165, 1.54) is 0 Å². The van der Waals surface area contributed by atoms with E-state index in [-0.39, 0.29) is 17.3 Å². The number of benzene rings is 1. The zero-order valence-corrected chi connectivity index (χ0v) is 12.5. The summed E-state index contributed by atoms with van der Waals surface area (Å²) in [6, 6.07) is 1.35. The van der Waals surface area contributed by atoms with Crippen LogP contribution in [-0.2, 0) is 4.74 Å². The maximum atomic E-state index is 13.9. The standard InChI is InChI=1S/C15H19F2NO3/c1-14(2)7-12(15(3,4)21-14)18-11-5-8(13(19)20)9(16)6-10(11)17/h5-6,12,18H,7H2,1-4H3,(H,19,20). The fourth-order valence-electron chi connectivity index (χ4n) is 2.80. The van der Waals surface area contributed by atoms with Crippen molar-refractivity contribution in [3.05, 3.63) is 29.3 Å². The van der Waals surface area contributed by atoms with Crippen LogP contribution in [0, 0.1) is 11.6 Å². The van der Waals surface area contributed by atoms with Crippen LogP contribution in [0.25, 0.3) is 0 Å². The summed E-state index contributed by atoms with van der Waals surface area (Å²) >= 11 is 0. The van der Waals surface area contributed by atoms with Gasteiger partial charge in [-0.05, 0) is 40.2 Å². The SMILES string of the molecule is CC1(C)CC(Nc2cc(C(=O)O)c(F)cc2F)C(C)(C)O1. The number of halogens is 2. The van der Waals surface area contributed by atoms with E-state index in [1.807, 2.05) is 27.7 Å². The van der Waals surface area contributed by atoms with Crippen LogP contribution in [0.5, 0.6) is 0 Å². The van der Waals surface area contributed by atoms with E-state index in [9.17, 15) is 13.6 Å². The smallest absolute Gasteiger partial charge is 0.338 e. The fraction of sp³-hybridized carbons (Fsp3) is 0.533. The van der Waals surface area contributed by atoms with Gasteiger partial charge in [0.1, 0.15) is 11.6 Å². The average molecular weight is 299 g/mol. The summed E-state index contributed by atoms with van der Waals surface area (Å²) in [4.78, 5) is 10.9. The van der Waals surface area contributed by atoms with Gasteiger partial charge in [-0.2, -0.15) is 0 Å². The normalized spacial score (nSPS) is 23.0. The third-order valence-electron chi connectivity index (χ3n) is 3.69. The number of hydrogen-bond donors (Lipinski definition) is 2. The molecule has 1 heterocycles. The molecule has 0 aliphatic carbocycles. The number of hydrogen-bond acceptors (Lipinski definition) is 3. The zero-order chi connectivity index (χ0) is 16.0. The molecule has 1 saturated heterocycles. The van der Waals surface area contributed by atoms with Crippen molar-refractivity contribution in [2.75, 3.05) is 5.32 Å². The third kappa shape index (κ3) is 3.15. The van der Waals surface area contributed by atoms with Crippen molar-refractivity contribution in [3.63, 3.8) is 0 Å². The molecule has 1 aliphatic heterocycles. The number of nitrogens with one attached hydrogen (secondary N) is 1. The molecule has 1 aliphatic rings. The van der Waals surface area contributed by atoms with E-state index in [4.69, 9.17) is 9.84 Å². The highest BCUT2D eigenvalue weighted by Gasteiger charge is 2.46. The molecule has 0 radical (unpaired) electrons. The Kier molecular flexibility index (Phi) is 3.70. The number of carbonyl (C=O) groups is 1. The molecular weight excluding hydrogens is 280 g/mol. The molecule has 1 aromatic rings. The minimum absolute atomic E-state index is 0.0341. The Labute approximate surface area is 122 Å². The van der Waals surface area contributed by atoms with Crippen LogP contribution in [-0.4, -0.2) is 28.3 Å². The number of carboxylic acid groups (broad SMARTS) is 1. The van der Waals surface area contributed by atoms with Crippen LogP contribution in [0.2, 0.25) is 0 Å². The number of aromatic carboxylic acids is 1. The van der Waals surface area contributed by atoms with Crippen molar-refractivity contribution in [3.8, 4) is 0 Å². The van der Waals surface area contributed by atoms with Crippen molar-refractivity contribution in [1.29, 1.82) is 0 Å². The molecule has 116 valence electrons. The third-order valence-corrected chi connectivity index (χ3v) is 3.69. The van der Waals surface area contributed by atoms with Crippen LogP contribution >= 0.6 is 0 Å². The lowest BCUT2D eigenvalue weighted by molar-refractivity contribution is -0.0662.